The first-order valence-corrected chi connectivity index (χ1v) is 7.39. The maximum Gasteiger partial charge on any atom is 0.231 e. The summed E-state index contributed by atoms with van der Waals surface area (Å²) in [6.45, 7) is 3.18. The second-order valence-electron chi connectivity index (χ2n) is 4.65. The van der Waals surface area contributed by atoms with Crippen LogP contribution in [0.15, 0.2) is 29.6 Å². The van der Waals surface area contributed by atoms with Crippen LogP contribution in [0.5, 0.6) is 17.2 Å². The van der Waals surface area contributed by atoms with Crippen LogP contribution in [0, 0.1) is 0 Å². The van der Waals surface area contributed by atoms with E-state index < -0.39 is 0 Å². The first-order valence-electron chi connectivity index (χ1n) is 6.51. The molecule has 3 rings (SSSR count). The SMILES string of the molecule is COc1cc(CN[C@H](C)c2cccs2)cc2c1OCO2. The van der Waals surface area contributed by atoms with E-state index in [9.17, 15) is 0 Å². The smallest absolute Gasteiger partial charge is 0.231 e. The van der Waals surface area contributed by atoms with Gasteiger partial charge in [0.2, 0.25) is 12.5 Å². The number of hydrogen-bond donors (Lipinski definition) is 1. The lowest BCUT2D eigenvalue weighted by Gasteiger charge is -2.13. The largest absolute Gasteiger partial charge is 0.493 e. The molecular formula is C15H17NO3S. The van der Waals surface area contributed by atoms with E-state index in [1.807, 2.05) is 12.1 Å². The van der Waals surface area contributed by atoms with E-state index in [0.29, 0.717) is 11.8 Å². The van der Waals surface area contributed by atoms with E-state index in [-0.39, 0.29) is 6.79 Å². The number of benzene rings is 1. The van der Waals surface area contributed by atoms with Crippen LogP contribution in [-0.2, 0) is 6.54 Å². The van der Waals surface area contributed by atoms with Crippen molar-refractivity contribution in [2.24, 2.45) is 0 Å². The summed E-state index contributed by atoms with van der Waals surface area (Å²) < 4.78 is 16.2. The lowest BCUT2D eigenvalue weighted by atomic mass is 10.1. The van der Waals surface area contributed by atoms with E-state index in [4.69, 9.17) is 14.2 Å². The van der Waals surface area contributed by atoms with E-state index in [1.165, 1.54) is 4.88 Å². The number of nitrogens with one attached hydrogen (secondary N) is 1. The summed E-state index contributed by atoms with van der Waals surface area (Å²) >= 11 is 1.76. The number of hydrogen-bond acceptors (Lipinski definition) is 5. The molecule has 1 atom stereocenters. The zero-order valence-corrected chi connectivity index (χ0v) is 12.3. The van der Waals surface area contributed by atoms with Crippen molar-refractivity contribution >= 4 is 11.3 Å². The molecular weight excluding hydrogens is 274 g/mol. The third-order valence-corrected chi connectivity index (χ3v) is 4.36. The standard InChI is InChI=1S/C15H17NO3S/c1-10(14-4-3-5-20-14)16-8-11-6-12(17-2)15-13(7-11)18-9-19-15/h3-7,10,16H,8-9H2,1-2H3/t10-/m1/s1. The molecule has 0 fully saturated rings. The van der Waals surface area contributed by atoms with Crippen LogP contribution in [0.1, 0.15) is 23.4 Å². The summed E-state index contributed by atoms with van der Waals surface area (Å²) in [6, 6.07) is 8.52. The maximum atomic E-state index is 5.43. The Morgan fingerprint density at radius 2 is 2.30 bits per heavy atom. The number of methoxy groups -OCH3 is 1. The minimum Gasteiger partial charge on any atom is -0.493 e. The van der Waals surface area contributed by atoms with Gasteiger partial charge < -0.3 is 19.5 Å². The van der Waals surface area contributed by atoms with Crippen molar-refractivity contribution < 1.29 is 14.2 Å². The number of rotatable bonds is 5. The fourth-order valence-electron chi connectivity index (χ4n) is 2.20. The Morgan fingerprint density at radius 1 is 1.40 bits per heavy atom. The van der Waals surface area contributed by atoms with Crippen molar-refractivity contribution in [3.8, 4) is 17.2 Å². The van der Waals surface area contributed by atoms with Crippen molar-refractivity contribution in [1.82, 2.24) is 5.32 Å². The molecule has 1 aromatic carbocycles. The molecule has 0 bridgehead atoms. The maximum absolute atomic E-state index is 5.43. The van der Waals surface area contributed by atoms with Crippen LogP contribution in [0.3, 0.4) is 0 Å². The predicted molar refractivity (Wildman–Crippen MR) is 78.7 cm³/mol. The van der Waals surface area contributed by atoms with Crippen molar-refractivity contribution in [2.75, 3.05) is 13.9 Å². The average molecular weight is 291 g/mol. The molecule has 20 heavy (non-hydrogen) atoms. The summed E-state index contributed by atoms with van der Waals surface area (Å²) in [7, 11) is 1.64. The summed E-state index contributed by atoms with van der Waals surface area (Å²) in [5, 5.41) is 5.60. The van der Waals surface area contributed by atoms with E-state index in [2.05, 4.69) is 29.8 Å². The van der Waals surface area contributed by atoms with Crippen molar-refractivity contribution in [3.63, 3.8) is 0 Å². The van der Waals surface area contributed by atoms with Gasteiger partial charge in [-0.25, -0.2) is 0 Å². The molecule has 0 spiro atoms. The lowest BCUT2D eigenvalue weighted by Crippen LogP contribution is -2.17. The molecule has 1 aliphatic heterocycles. The van der Waals surface area contributed by atoms with Crippen LogP contribution >= 0.6 is 11.3 Å². The van der Waals surface area contributed by atoms with Gasteiger partial charge in [-0.15, -0.1) is 11.3 Å². The molecule has 0 saturated heterocycles. The van der Waals surface area contributed by atoms with Gasteiger partial charge in [-0.05, 0) is 36.1 Å². The molecule has 2 aromatic rings. The first-order chi connectivity index (χ1) is 9.78. The molecule has 0 unspecified atom stereocenters. The Balaban J connectivity index is 1.72. The van der Waals surface area contributed by atoms with Gasteiger partial charge >= 0.3 is 0 Å². The Morgan fingerprint density at radius 3 is 3.05 bits per heavy atom. The molecule has 1 aliphatic rings. The fraction of sp³-hybridized carbons (Fsp3) is 0.333. The van der Waals surface area contributed by atoms with Crippen molar-refractivity contribution in [2.45, 2.75) is 19.5 Å². The van der Waals surface area contributed by atoms with Gasteiger partial charge in [-0.3, -0.25) is 0 Å². The van der Waals surface area contributed by atoms with Crippen LogP contribution in [0.25, 0.3) is 0 Å². The van der Waals surface area contributed by atoms with Gasteiger partial charge in [0.05, 0.1) is 7.11 Å². The molecule has 0 radical (unpaired) electrons. The highest BCUT2D eigenvalue weighted by atomic mass is 32.1. The highest BCUT2D eigenvalue weighted by molar-refractivity contribution is 7.10. The molecule has 0 aliphatic carbocycles. The summed E-state index contributed by atoms with van der Waals surface area (Å²) in [6.07, 6.45) is 0. The van der Waals surface area contributed by atoms with E-state index >= 15 is 0 Å². The summed E-state index contributed by atoms with van der Waals surface area (Å²) in [4.78, 5) is 1.33. The quantitative estimate of drug-likeness (QED) is 0.917. The van der Waals surface area contributed by atoms with Gasteiger partial charge in [-0.2, -0.15) is 0 Å². The Labute approximate surface area is 122 Å². The molecule has 1 aromatic heterocycles. The number of fused-ring (bicyclic) bond motifs is 1. The highest BCUT2D eigenvalue weighted by Crippen LogP contribution is 2.41. The fourth-order valence-corrected chi connectivity index (χ4v) is 2.95. The number of ether oxygens (including phenoxy) is 3. The molecule has 4 nitrogen and oxygen atoms in total. The lowest BCUT2D eigenvalue weighted by molar-refractivity contribution is 0.171. The van der Waals surface area contributed by atoms with Gasteiger partial charge in [0.1, 0.15) is 0 Å². The summed E-state index contributed by atoms with van der Waals surface area (Å²) in [5.41, 5.74) is 1.12. The van der Waals surface area contributed by atoms with E-state index in [0.717, 1.165) is 23.6 Å². The monoisotopic (exact) mass is 291 g/mol. The third kappa shape index (κ3) is 2.59. The molecule has 1 N–H and O–H groups in total. The van der Waals surface area contributed by atoms with Gasteiger partial charge in [-0.1, -0.05) is 6.07 Å². The zero-order chi connectivity index (χ0) is 13.9. The van der Waals surface area contributed by atoms with Crippen LogP contribution in [0.4, 0.5) is 0 Å². The first kappa shape index (κ1) is 13.3. The van der Waals surface area contributed by atoms with E-state index in [1.54, 1.807) is 18.4 Å². The minimum absolute atomic E-state index is 0.258. The molecule has 106 valence electrons. The Bertz CT molecular complexity index is 583. The Hall–Kier alpha value is -1.72. The third-order valence-electron chi connectivity index (χ3n) is 3.30. The van der Waals surface area contributed by atoms with Gasteiger partial charge in [0.25, 0.3) is 0 Å². The molecule has 5 heteroatoms. The highest BCUT2D eigenvalue weighted by Gasteiger charge is 2.20. The van der Waals surface area contributed by atoms with Crippen molar-refractivity contribution in [3.05, 3.63) is 40.1 Å². The average Bonchev–Trinajstić information content (AvgIpc) is 3.14. The topological polar surface area (TPSA) is 39.7 Å². The zero-order valence-electron chi connectivity index (χ0n) is 11.5. The van der Waals surface area contributed by atoms with Gasteiger partial charge in [0, 0.05) is 17.5 Å². The Kier molecular flexibility index (Phi) is 3.80. The van der Waals surface area contributed by atoms with Crippen LogP contribution in [-0.4, -0.2) is 13.9 Å². The molecule has 0 saturated carbocycles. The molecule has 2 heterocycles. The van der Waals surface area contributed by atoms with Crippen LogP contribution in [0.2, 0.25) is 0 Å². The minimum atomic E-state index is 0.258. The number of thiophene rings is 1. The normalized spacial score (nSPS) is 14.3. The van der Waals surface area contributed by atoms with Gasteiger partial charge in [0.15, 0.2) is 11.5 Å². The summed E-state index contributed by atoms with van der Waals surface area (Å²) in [5.74, 6) is 2.17. The predicted octanol–water partition coefficient (Wildman–Crippen LogP) is 3.34. The molecule has 0 amide bonds. The van der Waals surface area contributed by atoms with Crippen LogP contribution < -0.4 is 19.5 Å². The second-order valence-corrected chi connectivity index (χ2v) is 5.63. The van der Waals surface area contributed by atoms with Crippen molar-refractivity contribution in [1.29, 1.82) is 0 Å². The second kappa shape index (κ2) is 5.73.